The SMILES string of the molecule is CCC(CC)=C(C(=O)O)/C(=C\c1ccc2c(c1)OCO2)C(=O)O. The summed E-state index contributed by atoms with van der Waals surface area (Å²) >= 11 is 0. The number of hydrogen-bond donors (Lipinski definition) is 2. The van der Waals surface area contributed by atoms with Gasteiger partial charge in [0, 0.05) is 0 Å². The summed E-state index contributed by atoms with van der Waals surface area (Å²) in [6, 6.07) is 4.95. The number of rotatable bonds is 6. The van der Waals surface area contributed by atoms with Gasteiger partial charge < -0.3 is 19.7 Å². The Morgan fingerprint density at radius 1 is 1.09 bits per heavy atom. The van der Waals surface area contributed by atoms with Crippen molar-refractivity contribution in [2.75, 3.05) is 6.79 Å². The normalized spacial score (nSPS) is 12.9. The molecule has 0 radical (unpaired) electrons. The van der Waals surface area contributed by atoms with Gasteiger partial charge in [0.2, 0.25) is 6.79 Å². The molecule has 122 valence electrons. The Morgan fingerprint density at radius 2 is 1.74 bits per heavy atom. The number of carboxylic acids is 2. The Labute approximate surface area is 133 Å². The van der Waals surface area contributed by atoms with E-state index >= 15 is 0 Å². The molecule has 0 saturated carbocycles. The van der Waals surface area contributed by atoms with E-state index in [2.05, 4.69) is 0 Å². The molecule has 0 spiro atoms. The van der Waals surface area contributed by atoms with E-state index in [-0.39, 0.29) is 17.9 Å². The summed E-state index contributed by atoms with van der Waals surface area (Å²) in [5.41, 5.74) is 0.735. The number of fused-ring (bicyclic) bond motifs is 1. The molecule has 0 unspecified atom stereocenters. The second-order valence-corrected chi connectivity index (χ2v) is 4.97. The molecule has 0 fully saturated rings. The minimum absolute atomic E-state index is 0.115. The van der Waals surface area contributed by atoms with Gasteiger partial charge in [-0.3, -0.25) is 0 Å². The Hall–Kier alpha value is -2.76. The lowest BCUT2D eigenvalue weighted by Gasteiger charge is -2.10. The number of ether oxygens (including phenoxy) is 2. The molecule has 2 rings (SSSR count). The minimum Gasteiger partial charge on any atom is -0.478 e. The molecule has 1 aliphatic heterocycles. The van der Waals surface area contributed by atoms with Gasteiger partial charge in [-0.15, -0.1) is 0 Å². The Morgan fingerprint density at radius 3 is 2.30 bits per heavy atom. The lowest BCUT2D eigenvalue weighted by atomic mass is 9.94. The summed E-state index contributed by atoms with van der Waals surface area (Å²) in [6.07, 6.45) is 2.30. The fourth-order valence-corrected chi connectivity index (χ4v) is 2.47. The highest BCUT2D eigenvalue weighted by molar-refractivity contribution is 6.09. The Bertz CT molecular complexity index is 693. The van der Waals surface area contributed by atoms with Gasteiger partial charge in [-0.1, -0.05) is 25.5 Å². The number of hydrogen-bond acceptors (Lipinski definition) is 4. The highest BCUT2D eigenvalue weighted by atomic mass is 16.7. The summed E-state index contributed by atoms with van der Waals surface area (Å²) in [7, 11) is 0. The molecule has 6 nitrogen and oxygen atoms in total. The average molecular weight is 318 g/mol. The second-order valence-electron chi connectivity index (χ2n) is 4.97. The van der Waals surface area contributed by atoms with Crippen LogP contribution >= 0.6 is 0 Å². The number of carbonyl (C=O) groups is 2. The molecule has 1 aromatic carbocycles. The smallest absolute Gasteiger partial charge is 0.336 e. The van der Waals surface area contributed by atoms with Crippen LogP contribution in [0.15, 0.2) is 34.9 Å². The van der Waals surface area contributed by atoms with Crippen LogP contribution in [-0.4, -0.2) is 28.9 Å². The number of benzene rings is 1. The number of allylic oxidation sites excluding steroid dienone is 1. The first-order valence-electron chi connectivity index (χ1n) is 7.28. The van der Waals surface area contributed by atoms with Crippen molar-refractivity contribution in [3.8, 4) is 11.5 Å². The van der Waals surface area contributed by atoms with Crippen molar-refractivity contribution < 1.29 is 29.3 Å². The second kappa shape index (κ2) is 7.00. The maximum absolute atomic E-state index is 11.6. The maximum Gasteiger partial charge on any atom is 0.336 e. The number of aliphatic carboxylic acids is 2. The summed E-state index contributed by atoms with van der Waals surface area (Å²) in [5, 5.41) is 18.9. The van der Waals surface area contributed by atoms with Crippen LogP contribution in [0.4, 0.5) is 0 Å². The lowest BCUT2D eigenvalue weighted by molar-refractivity contribution is -0.136. The third kappa shape index (κ3) is 3.53. The zero-order valence-electron chi connectivity index (χ0n) is 13.0. The van der Waals surface area contributed by atoms with Crippen molar-refractivity contribution in [2.24, 2.45) is 0 Å². The van der Waals surface area contributed by atoms with Crippen LogP contribution in [0.25, 0.3) is 6.08 Å². The van der Waals surface area contributed by atoms with Crippen LogP contribution in [0.1, 0.15) is 32.3 Å². The van der Waals surface area contributed by atoms with E-state index in [4.69, 9.17) is 9.47 Å². The Balaban J connectivity index is 2.55. The first-order valence-corrected chi connectivity index (χ1v) is 7.28. The fourth-order valence-electron chi connectivity index (χ4n) is 2.47. The molecule has 1 heterocycles. The minimum atomic E-state index is -1.28. The van der Waals surface area contributed by atoms with Gasteiger partial charge in [-0.25, -0.2) is 9.59 Å². The van der Waals surface area contributed by atoms with Gasteiger partial charge in [-0.05, 0) is 36.6 Å². The van der Waals surface area contributed by atoms with Crippen LogP contribution < -0.4 is 9.47 Å². The molecule has 1 aromatic rings. The number of carboxylic acid groups (broad SMARTS) is 2. The van der Waals surface area contributed by atoms with Crippen molar-refractivity contribution in [2.45, 2.75) is 26.7 Å². The summed E-state index contributed by atoms with van der Waals surface area (Å²) in [6.45, 7) is 3.73. The van der Waals surface area contributed by atoms with Crippen molar-refractivity contribution >= 4 is 18.0 Å². The molecule has 0 aliphatic carbocycles. The standard InChI is InChI=1S/C17H18O6/c1-3-11(4-2)15(17(20)21)12(16(18)19)7-10-5-6-13-14(8-10)23-9-22-13/h5-8H,3-4,9H2,1-2H3,(H,18,19)(H,20,21)/b12-7+. The molecular weight excluding hydrogens is 300 g/mol. The van der Waals surface area contributed by atoms with E-state index in [0.29, 0.717) is 35.5 Å². The lowest BCUT2D eigenvalue weighted by Crippen LogP contribution is -2.13. The van der Waals surface area contributed by atoms with Crippen LogP contribution in [0.3, 0.4) is 0 Å². The zero-order chi connectivity index (χ0) is 17.0. The third-order valence-corrected chi connectivity index (χ3v) is 3.63. The monoisotopic (exact) mass is 318 g/mol. The Kier molecular flexibility index (Phi) is 5.05. The van der Waals surface area contributed by atoms with E-state index in [9.17, 15) is 19.8 Å². The summed E-state index contributed by atoms with van der Waals surface area (Å²) in [5.74, 6) is -1.43. The fraction of sp³-hybridized carbons (Fsp3) is 0.294. The van der Waals surface area contributed by atoms with Crippen LogP contribution in [0.2, 0.25) is 0 Å². The summed E-state index contributed by atoms with van der Waals surface area (Å²) in [4.78, 5) is 23.2. The molecule has 0 saturated heterocycles. The molecule has 6 heteroatoms. The molecule has 0 aromatic heterocycles. The maximum atomic E-state index is 11.6. The van der Waals surface area contributed by atoms with E-state index in [1.54, 1.807) is 18.2 Å². The topological polar surface area (TPSA) is 93.1 Å². The molecule has 0 bridgehead atoms. The van der Waals surface area contributed by atoms with Gasteiger partial charge in [0.15, 0.2) is 11.5 Å². The third-order valence-electron chi connectivity index (χ3n) is 3.63. The quantitative estimate of drug-likeness (QED) is 0.618. The van der Waals surface area contributed by atoms with Gasteiger partial charge in [-0.2, -0.15) is 0 Å². The van der Waals surface area contributed by atoms with Crippen molar-refractivity contribution in [1.29, 1.82) is 0 Å². The van der Waals surface area contributed by atoms with Gasteiger partial charge in [0.05, 0.1) is 11.1 Å². The van der Waals surface area contributed by atoms with E-state index in [0.717, 1.165) is 0 Å². The average Bonchev–Trinajstić information content (AvgIpc) is 2.97. The van der Waals surface area contributed by atoms with Crippen molar-refractivity contribution in [1.82, 2.24) is 0 Å². The van der Waals surface area contributed by atoms with Gasteiger partial charge in [0.25, 0.3) is 0 Å². The first-order chi connectivity index (χ1) is 11.0. The summed E-state index contributed by atoms with van der Waals surface area (Å²) < 4.78 is 10.5. The largest absolute Gasteiger partial charge is 0.478 e. The predicted octanol–water partition coefficient (Wildman–Crippen LogP) is 3.08. The van der Waals surface area contributed by atoms with Crippen molar-refractivity contribution in [3.05, 3.63) is 40.5 Å². The van der Waals surface area contributed by atoms with E-state index < -0.39 is 11.9 Å². The van der Waals surface area contributed by atoms with Gasteiger partial charge in [0.1, 0.15) is 0 Å². The predicted molar refractivity (Wildman–Crippen MR) is 83.4 cm³/mol. The highest BCUT2D eigenvalue weighted by Gasteiger charge is 2.23. The highest BCUT2D eigenvalue weighted by Crippen LogP contribution is 2.33. The molecule has 1 aliphatic rings. The van der Waals surface area contributed by atoms with Gasteiger partial charge >= 0.3 is 11.9 Å². The van der Waals surface area contributed by atoms with Crippen LogP contribution in [0.5, 0.6) is 11.5 Å². The van der Waals surface area contributed by atoms with E-state index in [1.807, 2.05) is 13.8 Å². The molecule has 23 heavy (non-hydrogen) atoms. The molecular formula is C17H18O6. The van der Waals surface area contributed by atoms with Crippen LogP contribution in [-0.2, 0) is 9.59 Å². The van der Waals surface area contributed by atoms with Crippen molar-refractivity contribution in [3.63, 3.8) is 0 Å². The molecule has 0 atom stereocenters. The first kappa shape index (κ1) is 16.6. The van der Waals surface area contributed by atoms with E-state index in [1.165, 1.54) is 6.08 Å². The molecule has 0 amide bonds. The van der Waals surface area contributed by atoms with Crippen LogP contribution in [0, 0.1) is 0 Å². The molecule has 2 N–H and O–H groups in total. The zero-order valence-corrected chi connectivity index (χ0v) is 13.0.